The maximum absolute atomic E-state index is 15.1. The minimum Gasteiger partial charge on any atom is -0.450 e. The van der Waals surface area contributed by atoms with Crippen LogP contribution in [-0.4, -0.2) is 0 Å². The van der Waals surface area contributed by atoms with Crippen molar-refractivity contribution in [2.75, 3.05) is 4.90 Å². The van der Waals surface area contributed by atoms with Gasteiger partial charge in [-0.2, -0.15) is 0 Å². The van der Waals surface area contributed by atoms with Crippen LogP contribution in [0.1, 0.15) is 33.1 Å². The second-order valence-corrected chi connectivity index (χ2v) is 7.84. The van der Waals surface area contributed by atoms with Gasteiger partial charge in [-0.3, -0.25) is 0 Å². The van der Waals surface area contributed by atoms with E-state index in [4.69, 9.17) is 4.74 Å². The zero-order valence-corrected chi connectivity index (χ0v) is 16.8. The van der Waals surface area contributed by atoms with E-state index < -0.39 is 0 Å². The van der Waals surface area contributed by atoms with Gasteiger partial charge < -0.3 is 9.64 Å². The van der Waals surface area contributed by atoms with Crippen molar-refractivity contribution in [1.82, 2.24) is 0 Å². The summed E-state index contributed by atoms with van der Waals surface area (Å²) < 4.78 is 21.2. The van der Waals surface area contributed by atoms with Crippen molar-refractivity contribution in [2.24, 2.45) is 5.92 Å². The number of hydrogen-bond donors (Lipinski definition) is 0. The molecule has 1 atom stereocenters. The number of benzene rings is 2. The molecule has 0 saturated heterocycles. The summed E-state index contributed by atoms with van der Waals surface area (Å²) in [6, 6.07) is 16.4. The molecule has 5 rings (SSSR count). The fourth-order valence-electron chi connectivity index (χ4n) is 4.38. The molecule has 0 bridgehead atoms. The Morgan fingerprint density at radius 1 is 1.10 bits per heavy atom. The first kappa shape index (κ1) is 18.0. The zero-order chi connectivity index (χ0) is 20.0. The summed E-state index contributed by atoms with van der Waals surface area (Å²) in [5.41, 5.74) is 6.48. The van der Waals surface area contributed by atoms with Gasteiger partial charge in [0.2, 0.25) is 0 Å². The number of halogens is 1. The first-order valence-electron chi connectivity index (χ1n) is 10.3. The Morgan fingerprint density at radius 2 is 1.93 bits per heavy atom. The van der Waals surface area contributed by atoms with Gasteiger partial charge in [0.05, 0.1) is 11.4 Å². The molecule has 1 unspecified atom stereocenters. The molecule has 0 aromatic heterocycles. The van der Waals surface area contributed by atoms with Crippen LogP contribution in [0, 0.1) is 5.92 Å². The summed E-state index contributed by atoms with van der Waals surface area (Å²) in [6.07, 6.45) is 9.30. The third kappa shape index (κ3) is 2.93. The van der Waals surface area contributed by atoms with E-state index in [1.165, 1.54) is 5.57 Å². The summed E-state index contributed by atoms with van der Waals surface area (Å²) >= 11 is 0. The van der Waals surface area contributed by atoms with E-state index in [-0.39, 0.29) is 11.7 Å². The molecule has 2 aliphatic heterocycles. The quantitative estimate of drug-likeness (QED) is 0.513. The van der Waals surface area contributed by atoms with Crippen LogP contribution >= 0.6 is 0 Å². The highest BCUT2D eigenvalue weighted by Gasteiger charge is 2.42. The van der Waals surface area contributed by atoms with Crippen molar-refractivity contribution < 1.29 is 9.13 Å². The molecule has 3 heteroatoms. The summed E-state index contributed by atoms with van der Waals surface area (Å²) in [5.74, 6) is 0.707. The molecule has 0 N–H and O–H groups in total. The van der Waals surface area contributed by atoms with Gasteiger partial charge in [-0.15, -0.1) is 0 Å². The van der Waals surface area contributed by atoms with E-state index in [1.807, 2.05) is 31.2 Å². The second-order valence-electron chi connectivity index (χ2n) is 7.84. The van der Waals surface area contributed by atoms with E-state index in [1.54, 1.807) is 0 Å². The number of hydrogen-bond acceptors (Lipinski definition) is 2. The van der Waals surface area contributed by atoms with Crippen LogP contribution in [0.25, 0.3) is 11.1 Å². The third-order valence-corrected chi connectivity index (χ3v) is 5.93. The molecule has 29 heavy (non-hydrogen) atoms. The SMILES string of the molecule is CC/C=C\CC1=CN2C3=C(C1)C(C)C(F)=C3Oc1cc(-c3ccccc3)ccc12. The highest BCUT2D eigenvalue weighted by atomic mass is 19.1. The van der Waals surface area contributed by atoms with E-state index in [2.05, 4.69) is 54.4 Å². The monoisotopic (exact) mass is 385 g/mol. The number of fused-ring (bicyclic) bond motifs is 2. The maximum atomic E-state index is 15.1. The fraction of sp³-hybridized carbons (Fsp3) is 0.231. The van der Waals surface area contributed by atoms with Crippen LogP contribution in [0.3, 0.4) is 0 Å². The van der Waals surface area contributed by atoms with E-state index in [9.17, 15) is 0 Å². The van der Waals surface area contributed by atoms with Crippen LogP contribution in [0.4, 0.5) is 10.1 Å². The molecule has 146 valence electrons. The van der Waals surface area contributed by atoms with Crippen molar-refractivity contribution in [3.8, 4) is 16.9 Å². The molecule has 2 heterocycles. The average Bonchev–Trinajstić information content (AvgIpc) is 3.00. The van der Waals surface area contributed by atoms with Crippen molar-refractivity contribution in [3.05, 3.63) is 95.3 Å². The van der Waals surface area contributed by atoms with Gasteiger partial charge in [-0.25, -0.2) is 4.39 Å². The highest BCUT2D eigenvalue weighted by molar-refractivity contribution is 5.79. The summed E-state index contributed by atoms with van der Waals surface area (Å²) in [7, 11) is 0. The number of allylic oxidation sites excluding steroid dienone is 5. The standard InChI is InChI=1S/C26H24FNO/c1-3-4-6-9-18-14-21-17(2)24(27)26-25(21)28(16-18)22-13-12-20(15-23(22)29-26)19-10-7-5-8-11-19/h4-8,10-13,15-17H,3,9,14H2,1-2H3/b6-4-. The first-order chi connectivity index (χ1) is 14.2. The predicted octanol–water partition coefficient (Wildman–Crippen LogP) is 7.28. The Balaban J connectivity index is 1.60. The smallest absolute Gasteiger partial charge is 0.183 e. The predicted molar refractivity (Wildman–Crippen MR) is 116 cm³/mol. The Morgan fingerprint density at radius 3 is 2.72 bits per heavy atom. The number of rotatable bonds is 4. The summed E-state index contributed by atoms with van der Waals surface area (Å²) in [6.45, 7) is 4.08. The lowest BCUT2D eigenvalue weighted by Gasteiger charge is -2.35. The molecule has 1 aliphatic carbocycles. The number of anilines is 1. The Bertz CT molecular complexity index is 1090. The zero-order valence-electron chi connectivity index (χ0n) is 16.8. The Labute approximate surface area is 171 Å². The Hall–Kier alpha value is -3.07. The molecule has 0 amide bonds. The highest BCUT2D eigenvalue weighted by Crippen LogP contribution is 2.52. The average molecular weight is 385 g/mol. The molecular weight excluding hydrogens is 361 g/mol. The Kier molecular flexibility index (Phi) is 4.39. The normalized spacial score (nSPS) is 20.0. The van der Waals surface area contributed by atoms with E-state index >= 15 is 4.39 Å². The molecule has 2 aromatic rings. The van der Waals surface area contributed by atoms with Crippen molar-refractivity contribution in [2.45, 2.75) is 33.1 Å². The van der Waals surface area contributed by atoms with Gasteiger partial charge in [0.1, 0.15) is 0 Å². The lowest BCUT2D eigenvalue weighted by atomic mass is 9.91. The topological polar surface area (TPSA) is 12.5 Å². The molecule has 0 spiro atoms. The summed E-state index contributed by atoms with van der Waals surface area (Å²) in [5, 5.41) is 0. The third-order valence-electron chi connectivity index (χ3n) is 5.93. The maximum Gasteiger partial charge on any atom is 0.183 e. The van der Waals surface area contributed by atoms with Crippen LogP contribution in [-0.2, 0) is 0 Å². The van der Waals surface area contributed by atoms with Crippen LogP contribution in [0.2, 0.25) is 0 Å². The van der Waals surface area contributed by atoms with Crippen LogP contribution in [0.15, 0.2) is 95.3 Å². The van der Waals surface area contributed by atoms with Gasteiger partial charge in [-0.05, 0) is 53.7 Å². The fourth-order valence-corrected chi connectivity index (χ4v) is 4.38. The molecule has 0 fully saturated rings. The minimum absolute atomic E-state index is 0.158. The van der Waals surface area contributed by atoms with Crippen LogP contribution in [0.5, 0.6) is 5.75 Å². The number of nitrogens with zero attached hydrogens (tertiary/aromatic N) is 1. The molecule has 0 saturated carbocycles. The van der Waals surface area contributed by atoms with Gasteiger partial charge in [0, 0.05) is 12.1 Å². The second kappa shape index (κ2) is 7.07. The van der Waals surface area contributed by atoms with Gasteiger partial charge >= 0.3 is 0 Å². The molecule has 2 aromatic carbocycles. The summed E-state index contributed by atoms with van der Waals surface area (Å²) in [4.78, 5) is 2.14. The van der Waals surface area contributed by atoms with Gasteiger partial charge in [0.15, 0.2) is 17.3 Å². The lowest BCUT2D eigenvalue weighted by Crippen LogP contribution is -2.27. The molecule has 0 radical (unpaired) electrons. The van der Waals surface area contributed by atoms with Crippen molar-refractivity contribution in [1.29, 1.82) is 0 Å². The lowest BCUT2D eigenvalue weighted by molar-refractivity contribution is 0.391. The minimum atomic E-state index is -0.232. The van der Waals surface area contributed by atoms with Gasteiger partial charge in [0.25, 0.3) is 0 Å². The molecule has 3 aliphatic rings. The van der Waals surface area contributed by atoms with E-state index in [0.29, 0.717) is 11.5 Å². The first-order valence-corrected chi connectivity index (χ1v) is 10.3. The largest absolute Gasteiger partial charge is 0.450 e. The van der Waals surface area contributed by atoms with Crippen molar-refractivity contribution in [3.63, 3.8) is 0 Å². The van der Waals surface area contributed by atoms with Gasteiger partial charge in [-0.1, -0.05) is 62.4 Å². The van der Waals surface area contributed by atoms with Crippen molar-refractivity contribution >= 4 is 5.69 Å². The molecular formula is C26H24FNO. The van der Waals surface area contributed by atoms with E-state index in [0.717, 1.165) is 47.3 Å². The number of ether oxygens (including phenoxy) is 1. The molecule has 2 nitrogen and oxygen atoms in total. The van der Waals surface area contributed by atoms with Crippen LogP contribution < -0.4 is 9.64 Å².